The molecule has 0 aliphatic carbocycles. The van der Waals surface area contributed by atoms with Crippen LogP contribution in [0.1, 0.15) is 37.8 Å². The smallest absolute Gasteiger partial charge is 0.306 e. The average Bonchev–Trinajstić information content (AvgIpc) is 2.29. The summed E-state index contributed by atoms with van der Waals surface area (Å²) in [6.45, 7) is 9.32. The van der Waals surface area contributed by atoms with Gasteiger partial charge in [0.15, 0.2) is 0 Å². The van der Waals surface area contributed by atoms with Gasteiger partial charge in [-0.05, 0) is 52.2 Å². The molecule has 1 aliphatic rings. The number of hydrogen-bond acceptors (Lipinski definition) is 2. The number of hydrogen-bond donors (Lipinski definition) is 1. The van der Waals surface area contributed by atoms with E-state index in [1.165, 1.54) is 16.8 Å². The Bertz CT molecular complexity index is 494. The van der Waals surface area contributed by atoms with Crippen LogP contribution in [0.4, 0.5) is 5.69 Å². The molecule has 1 saturated heterocycles. The minimum absolute atomic E-state index is 0.110. The Morgan fingerprint density at radius 2 is 2.05 bits per heavy atom. The molecule has 104 valence electrons. The van der Waals surface area contributed by atoms with Gasteiger partial charge in [0.2, 0.25) is 0 Å². The maximum atomic E-state index is 11.2. The van der Waals surface area contributed by atoms with Crippen molar-refractivity contribution in [3.8, 4) is 0 Å². The normalized spacial score (nSPS) is 22.3. The first kappa shape index (κ1) is 13.9. The van der Waals surface area contributed by atoms with Gasteiger partial charge in [0.05, 0.1) is 5.92 Å². The number of carboxylic acid groups (broad SMARTS) is 1. The lowest BCUT2D eigenvalue weighted by Crippen LogP contribution is -2.51. The molecule has 1 N–H and O–H groups in total. The van der Waals surface area contributed by atoms with Gasteiger partial charge in [0, 0.05) is 17.8 Å². The van der Waals surface area contributed by atoms with Crippen LogP contribution in [0, 0.1) is 19.8 Å². The van der Waals surface area contributed by atoms with Gasteiger partial charge in [-0.15, -0.1) is 0 Å². The van der Waals surface area contributed by atoms with E-state index in [9.17, 15) is 9.90 Å². The summed E-state index contributed by atoms with van der Waals surface area (Å²) < 4.78 is 0. The molecular formula is C16H23NO2. The topological polar surface area (TPSA) is 40.5 Å². The lowest BCUT2D eigenvalue weighted by atomic mass is 9.82. The standard InChI is InChI=1S/C16H23NO2/c1-11-5-6-14(12(2)9-11)17-8-7-13(15(18)19)10-16(17,3)4/h5-6,9,13H,7-8,10H2,1-4H3,(H,18,19). The molecule has 1 aliphatic heterocycles. The van der Waals surface area contributed by atoms with Crippen molar-refractivity contribution in [3.05, 3.63) is 29.3 Å². The van der Waals surface area contributed by atoms with Crippen molar-refractivity contribution in [1.82, 2.24) is 0 Å². The Labute approximate surface area is 115 Å². The third-order valence-corrected chi connectivity index (χ3v) is 4.17. The Balaban J connectivity index is 2.28. The summed E-state index contributed by atoms with van der Waals surface area (Å²) >= 11 is 0. The predicted octanol–water partition coefficient (Wildman–Crippen LogP) is 3.38. The van der Waals surface area contributed by atoms with Crippen LogP contribution in [0.2, 0.25) is 0 Å². The Kier molecular flexibility index (Phi) is 3.57. The number of anilines is 1. The van der Waals surface area contributed by atoms with Crippen molar-refractivity contribution in [1.29, 1.82) is 0 Å². The molecule has 19 heavy (non-hydrogen) atoms. The van der Waals surface area contributed by atoms with Crippen LogP contribution in [0.25, 0.3) is 0 Å². The molecule has 0 saturated carbocycles. The number of benzene rings is 1. The fourth-order valence-corrected chi connectivity index (χ4v) is 3.17. The van der Waals surface area contributed by atoms with Crippen molar-refractivity contribution in [3.63, 3.8) is 0 Å². The Morgan fingerprint density at radius 3 is 2.58 bits per heavy atom. The van der Waals surface area contributed by atoms with Gasteiger partial charge in [-0.25, -0.2) is 0 Å². The van der Waals surface area contributed by atoms with E-state index in [-0.39, 0.29) is 11.5 Å². The molecule has 0 aromatic heterocycles. The number of nitrogens with zero attached hydrogens (tertiary/aromatic N) is 1. The van der Waals surface area contributed by atoms with Crippen molar-refractivity contribution >= 4 is 11.7 Å². The van der Waals surface area contributed by atoms with Crippen LogP contribution < -0.4 is 4.90 Å². The first-order valence-corrected chi connectivity index (χ1v) is 6.89. The highest BCUT2D eigenvalue weighted by molar-refractivity contribution is 5.71. The summed E-state index contributed by atoms with van der Waals surface area (Å²) in [5.74, 6) is -0.870. The zero-order chi connectivity index (χ0) is 14.2. The van der Waals surface area contributed by atoms with Gasteiger partial charge < -0.3 is 10.0 Å². The number of aryl methyl sites for hydroxylation is 2. The van der Waals surface area contributed by atoms with Crippen LogP contribution in [0.5, 0.6) is 0 Å². The third kappa shape index (κ3) is 2.75. The minimum atomic E-state index is -0.659. The summed E-state index contributed by atoms with van der Waals surface area (Å²) in [6.07, 6.45) is 1.43. The summed E-state index contributed by atoms with van der Waals surface area (Å²) in [5, 5.41) is 9.20. The fraction of sp³-hybridized carbons (Fsp3) is 0.562. The van der Waals surface area contributed by atoms with E-state index in [1.54, 1.807) is 0 Å². The van der Waals surface area contributed by atoms with Crippen LogP contribution in [-0.4, -0.2) is 23.2 Å². The first-order chi connectivity index (χ1) is 8.81. The number of piperidine rings is 1. The monoisotopic (exact) mass is 261 g/mol. The maximum Gasteiger partial charge on any atom is 0.306 e. The van der Waals surface area contributed by atoms with E-state index < -0.39 is 5.97 Å². The van der Waals surface area contributed by atoms with Crippen LogP contribution in [0.15, 0.2) is 18.2 Å². The SMILES string of the molecule is Cc1ccc(N2CCC(C(=O)O)CC2(C)C)c(C)c1. The van der Waals surface area contributed by atoms with E-state index >= 15 is 0 Å². The highest BCUT2D eigenvalue weighted by Crippen LogP contribution is 2.37. The third-order valence-electron chi connectivity index (χ3n) is 4.17. The molecule has 2 rings (SSSR count). The average molecular weight is 261 g/mol. The number of carbonyl (C=O) groups is 1. The van der Waals surface area contributed by atoms with Crippen molar-refractivity contribution in [2.24, 2.45) is 5.92 Å². The summed E-state index contributed by atoms with van der Waals surface area (Å²) in [6, 6.07) is 6.48. The molecule has 0 spiro atoms. The Hall–Kier alpha value is -1.51. The zero-order valence-electron chi connectivity index (χ0n) is 12.2. The highest BCUT2D eigenvalue weighted by atomic mass is 16.4. The molecule has 0 bridgehead atoms. The molecule has 1 atom stereocenters. The van der Waals surface area contributed by atoms with E-state index in [2.05, 4.69) is 50.8 Å². The van der Waals surface area contributed by atoms with E-state index in [0.29, 0.717) is 6.42 Å². The second-order valence-electron chi connectivity index (χ2n) is 6.28. The van der Waals surface area contributed by atoms with Crippen LogP contribution >= 0.6 is 0 Å². The number of aliphatic carboxylic acids is 1. The summed E-state index contributed by atoms with van der Waals surface area (Å²) in [5.41, 5.74) is 3.65. The number of carboxylic acids is 1. The second kappa shape index (κ2) is 4.87. The Morgan fingerprint density at radius 1 is 1.37 bits per heavy atom. The largest absolute Gasteiger partial charge is 0.481 e. The molecule has 3 heteroatoms. The zero-order valence-corrected chi connectivity index (χ0v) is 12.2. The molecule has 1 aromatic carbocycles. The quantitative estimate of drug-likeness (QED) is 0.887. The molecule has 1 aromatic rings. The lowest BCUT2D eigenvalue weighted by Gasteiger charge is -2.46. The van der Waals surface area contributed by atoms with Crippen molar-refractivity contribution in [2.75, 3.05) is 11.4 Å². The van der Waals surface area contributed by atoms with Gasteiger partial charge in [-0.1, -0.05) is 17.7 Å². The summed E-state index contributed by atoms with van der Waals surface area (Å²) in [4.78, 5) is 13.5. The molecule has 1 fully saturated rings. The van der Waals surface area contributed by atoms with Gasteiger partial charge in [0.25, 0.3) is 0 Å². The van der Waals surface area contributed by atoms with Crippen molar-refractivity contribution in [2.45, 2.75) is 46.1 Å². The minimum Gasteiger partial charge on any atom is -0.481 e. The van der Waals surface area contributed by atoms with Gasteiger partial charge >= 0.3 is 5.97 Å². The van der Waals surface area contributed by atoms with Gasteiger partial charge in [0.1, 0.15) is 0 Å². The van der Waals surface area contributed by atoms with Gasteiger partial charge in [-0.3, -0.25) is 4.79 Å². The number of rotatable bonds is 2. The van der Waals surface area contributed by atoms with Crippen LogP contribution in [0.3, 0.4) is 0 Å². The van der Waals surface area contributed by atoms with E-state index in [0.717, 1.165) is 13.0 Å². The molecular weight excluding hydrogens is 238 g/mol. The van der Waals surface area contributed by atoms with Crippen LogP contribution in [-0.2, 0) is 4.79 Å². The van der Waals surface area contributed by atoms with Crippen molar-refractivity contribution < 1.29 is 9.90 Å². The summed E-state index contributed by atoms with van der Waals surface area (Å²) in [7, 11) is 0. The first-order valence-electron chi connectivity index (χ1n) is 6.89. The fourth-order valence-electron chi connectivity index (χ4n) is 3.17. The molecule has 0 amide bonds. The van der Waals surface area contributed by atoms with E-state index in [4.69, 9.17) is 0 Å². The second-order valence-corrected chi connectivity index (χ2v) is 6.28. The lowest BCUT2D eigenvalue weighted by molar-refractivity contribution is -0.143. The van der Waals surface area contributed by atoms with E-state index in [1.807, 2.05) is 0 Å². The van der Waals surface area contributed by atoms with Gasteiger partial charge in [-0.2, -0.15) is 0 Å². The predicted molar refractivity (Wildman–Crippen MR) is 77.7 cm³/mol. The maximum absolute atomic E-state index is 11.2. The molecule has 3 nitrogen and oxygen atoms in total. The molecule has 1 unspecified atom stereocenters. The molecule has 1 heterocycles. The molecule has 0 radical (unpaired) electrons. The highest BCUT2D eigenvalue weighted by Gasteiger charge is 2.38.